The van der Waals surface area contributed by atoms with E-state index in [9.17, 15) is 4.39 Å². The Balaban J connectivity index is 1.77. The predicted octanol–water partition coefficient (Wildman–Crippen LogP) is 3.49. The number of guanidine groups is 1. The van der Waals surface area contributed by atoms with E-state index in [1.165, 1.54) is 6.07 Å². The number of nitrogens with one attached hydrogen (secondary N) is 2. The maximum absolute atomic E-state index is 13.4. The van der Waals surface area contributed by atoms with Gasteiger partial charge in [-0.05, 0) is 35.9 Å². The number of nitrogens with zero attached hydrogens (tertiary/aromatic N) is 3. The zero-order valence-corrected chi connectivity index (χ0v) is 17.2. The standard InChI is InChI=1S/C19H28FN5OS/c1-13(2)18-24-17(26-25-18)6-5-9-22-19(21-3)23-11-14-7-8-16(20)10-15(14)12-27-4/h7-8,10,13H,5-6,9,11-12H2,1-4H3,(H2,21,22,23). The maximum atomic E-state index is 13.4. The molecule has 0 bridgehead atoms. The molecule has 1 aromatic carbocycles. The molecule has 1 aromatic heterocycles. The molecule has 0 aliphatic heterocycles. The number of rotatable bonds is 9. The summed E-state index contributed by atoms with van der Waals surface area (Å²) in [5.74, 6) is 2.97. The van der Waals surface area contributed by atoms with Gasteiger partial charge in [0.25, 0.3) is 0 Å². The van der Waals surface area contributed by atoms with Crippen LogP contribution in [-0.4, -0.2) is 35.9 Å². The fourth-order valence-electron chi connectivity index (χ4n) is 2.51. The minimum atomic E-state index is -0.202. The molecule has 2 N–H and O–H groups in total. The second-order valence-corrected chi connectivity index (χ2v) is 7.37. The van der Waals surface area contributed by atoms with Gasteiger partial charge in [0.15, 0.2) is 11.8 Å². The van der Waals surface area contributed by atoms with Crippen molar-refractivity contribution in [3.05, 3.63) is 46.9 Å². The van der Waals surface area contributed by atoms with E-state index in [4.69, 9.17) is 4.52 Å². The fraction of sp³-hybridized carbons (Fsp3) is 0.526. The Morgan fingerprint density at radius 3 is 2.78 bits per heavy atom. The molecule has 0 aliphatic carbocycles. The number of aromatic nitrogens is 2. The Morgan fingerprint density at radius 2 is 2.11 bits per heavy atom. The smallest absolute Gasteiger partial charge is 0.226 e. The lowest BCUT2D eigenvalue weighted by Crippen LogP contribution is -2.37. The summed E-state index contributed by atoms with van der Waals surface area (Å²) in [6.07, 6.45) is 3.59. The average molecular weight is 394 g/mol. The topological polar surface area (TPSA) is 75.3 Å². The summed E-state index contributed by atoms with van der Waals surface area (Å²) in [7, 11) is 1.73. The molecule has 0 saturated heterocycles. The summed E-state index contributed by atoms with van der Waals surface area (Å²) in [6, 6.07) is 4.91. The van der Waals surface area contributed by atoms with Gasteiger partial charge in [-0.3, -0.25) is 4.99 Å². The largest absolute Gasteiger partial charge is 0.356 e. The molecular weight excluding hydrogens is 365 g/mol. The molecule has 27 heavy (non-hydrogen) atoms. The third-order valence-corrected chi connectivity index (χ3v) is 4.60. The van der Waals surface area contributed by atoms with Crippen LogP contribution in [0.4, 0.5) is 4.39 Å². The Hall–Kier alpha value is -2.09. The minimum absolute atomic E-state index is 0.202. The van der Waals surface area contributed by atoms with Gasteiger partial charge in [0, 0.05) is 38.2 Å². The van der Waals surface area contributed by atoms with Crippen molar-refractivity contribution in [2.24, 2.45) is 4.99 Å². The number of aliphatic imine (C=N–C) groups is 1. The van der Waals surface area contributed by atoms with Crippen LogP contribution in [0, 0.1) is 5.82 Å². The highest BCUT2D eigenvalue weighted by atomic mass is 32.2. The van der Waals surface area contributed by atoms with Crippen LogP contribution in [0.2, 0.25) is 0 Å². The lowest BCUT2D eigenvalue weighted by atomic mass is 10.1. The van der Waals surface area contributed by atoms with E-state index in [0.717, 1.165) is 42.1 Å². The summed E-state index contributed by atoms with van der Waals surface area (Å²) < 4.78 is 18.7. The Kier molecular flexibility index (Phi) is 8.57. The van der Waals surface area contributed by atoms with Crippen LogP contribution < -0.4 is 10.6 Å². The van der Waals surface area contributed by atoms with Crippen molar-refractivity contribution < 1.29 is 8.91 Å². The Bertz CT molecular complexity index is 747. The van der Waals surface area contributed by atoms with E-state index < -0.39 is 0 Å². The number of halogens is 1. The molecule has 0 radical (unpaired) electrons. The number of hydrogen-bond acceptors (Lipinski definition) is 5. The third-order valence-electron chi connectivity index (χ3n) is 4.00. The molecule has 0 spiro atoms. The molecular formula is C19H28FN5OS. The molecule has 0 amide bonds. The van der Waals surface area contributed by atoms with Gasteiger partial charge >= 0.3 is 0 Å². The van der Waals surface area contributed by atoms with E-state index in [1.807, 2.05) is 26.2 Å². The first-order valence-corrected chi connectivity index (χ1v) is 10.5. The van der Waals surface area contributed by atoms with Gasteiger partial charge in [-0.1, -0.05) is 25.1 Å². The zero-order chi connectivity index (χ0) is 19.6. The van der Waals surface area contributed by atoms with Crippen LogP contribution in [0.3, 0.4) is 0 Å². The van der Waals surface area contributed by atoms with Crippen molar-refractivity contribution >= 4 is 17.7 Å². The van der Waals surface area contributed by atoms with Gasteiger partial charge in [-0.25, -0.2) is 4.39 Å². The average Bonchev–Trinajstić information content (AvgIpc) is 3.12. The molecule has 8 heteroatoms. The molecule has 6 nitrogen and oxygen atoms in total. The van der Waals surface area contributed by atoms with Crippen LogP contribution in [-0.2, 0) is 18.7 Å². The van der Waals surface area contributed by atoms with Crippen molar-refractivity contribution in [1.29, 1.82) is 0 Å². The van der Waals surface area contributed by atoms with Gasteiger partial charge in [0.1, 0.15) is 5.82 Å². The normalized spacial score (nSPS) is 11.9. The van der Waals surface area contributed by atoms with E-state index in [1.54, 1.807) is 24.9 Å². The van der Waals surface area contributed by atoms with Crippen molar-refractivity contribution in [3.8, 4) is 0 Å². The molecule has 0 atom stereocenters. The summed E-state index contributed by atoms with van der Waals surface area (Å²) in [5, 5.41) is 10.5. The van der Waals surface area contributed by atoms with E-state index in [-0.39, 0.29) is 11.7 Å². The molecule has 148 valence electrons. The Labute approximate surface area is 164 Å². The number of hydrogen-bond donors (Lipinski definition) is 2. The van der Waals surface area contributed by atoms with E-state index in [0.29, 0.717) is 18.4 Å². The summed E-state index contributed by atoms with van der Waals surface area (Å²) in [5.41, 5.74) is 2.07. The molecule has 2 rings (SSSR count). The number of thioether (sulfide) groups is 1. The first-order chi connectivity index (χ1) is 13.0. The van der Waals surface area contributed by atoms with Gasteiger partial charge in [-0.2, -0.15) is 16.7 Å². The van der Waals surface area contributed by atoms with Crippen molar-refractivity contribution in [3.63, 3.8) is 0 Å². The van der Waals surface area contributed by atoms with Crippen LogP contribution in [0.1, 0.15) is 49.0 Å². The highest BCUT2D eigenvalue weighted by Gasteiger charge is 2.09. The SMILES string of the molecule is CN=C(NCCCc1nc(C(C)C)no1)NCc1ccc(F)cc1CSC. The highest BCUT2D eigenvalue weighted by molar-refractivity contribution is 7.97. The van der Waals surface area contributed by atoms with E-state index >= 15 is 0 Å². The quantitative estimate of drug-likeness (QED) is 0.386. The number of aryl methyl sites for hydroxylation is 1. The Morgan fingerprint density at radius 1 is 1.30 bits per heavy atom. The third kappa shape index (κ3) is 6.86. The van der Waals surface area contributed by atoms with Crippen molar-refractivity contribution in [2.75, 3.05) is 19.8 Å². The van der Waals surface area contributed by atoms with Crippen LogP contribution in [0.5, 0.6) is 0 Å². The summed E-state index contributed by atoms with van der Waals surface area (Å²) >= 11 is 1.68. The first kappa shape index (κ1) is 21.2. The van der Waals surface area contributed by atoms with Crippen LogP contribution in [0.15, 0.2) is 27.7 Å². The summed E-state index contributed by atoms with van der Waals surface area (Å²) in [6.45, 7) is 5.41. The fourth-order valence-corrected chi connectivity index (χ4v) is 3.09. The van der Waals surface area contributed by atoms with Crippen LogP contribution in [0.25, 0.3) is 0 Å². The lowest BCUT2D eigenvalue weighted by Gasteiger charge is -2.14. The van der Waals surface area contributed by atoms with Gasteiger partial charge in [-0.15, -0.1) is 0 Å². The predicted molar refractivity (Wildman–Crippen MR) is 109 cm³/mol. The maximum Gasteiger partial charge on any atom is 0.226 e. The minimum Gasteiger partial charge on any atom is -0.356 e. The van der Waals surface area contributed by atoms with Crippen molar-refractivity contribution in [2.45, 2.75) is 44.9 Å². The zero-order valence-electron chi connectivity index (χ0n) is 16.4. The molecule has 0 aliphatic rings. The van der Waals surface area contributed by atoms with Gasteiger partial charge < -0.3 is 15.2 Å². The molecule has 0 saturated carbocycles. The summed E-state index contributed by atoms with van der Waals surface area (Å²) in [4.78, 5) is 8.60. The molecule has 0 unspecified atom stereocenters. The second-order valence-electron chi connectivity index (χ2n) is 6.50. The second kappa shape index (κ2) is 10.9. The van der Waals surface area contributed by atoms with Crippen molar-refractivity contribution in [1.82, 2.24) is 20.8 Å². The van der Waals surface area contributed by atoms with E-state index in [2.05, 4.69) is 25.8 Å². The first-order valence-electron chi connectivity index (χ1n) is 9.06. The number of benzene rings is 1. The molecule has 2 aromatic rings. The van der Waals surface area contributed by atoms with Gasteiger partial charge in [0.05, 0.1) is 0 Å². The lowest BCUT2D eigenvalue weighted by molar-refractivity contribution is 0.368. The highest BCUT2D eigenvalue weighted by Crippen LogP contribution is 2.16. The molecule has 1 heterocycles. The molecule has 0 fully saturated rings. The van der Waals surface area contributed by atoms with Crippen LogP contribution >= 0.6 is 11.8 Å². The monoisotopic (exact) mass is 393 g/mol. The van der Waals surface area contributed by atoms with Gasteiger partial charge in [0.2, 0.25) is 5.89 Å².